The lowest BCUT2D eigenvalue weighted by Gasteiger charge is -2.18. The number of benzene rings is 1. The van der Waals surface area contributed by atoms with Gasteiger partial charge < -0.3 is 5.73 Å². The van der Waals surface area contributed by atoms with Crippen molar-refractivity contribution in [1.82, 2.24) is 4.31 Å². The number of hydrogen-bond acceptors (Lipinski definition) is 4. The van der Waals surface area contributed by atoms with Gasteiger partial charge in [0.15, 0.2) is 0 Å². The van der Waals surface area contributed by atoms with E-state index in [-0.39, 0.29) is 5.75 Å². The van der Waals surface area contributed by atoms with Crippen LogP contribution in [0, 0.1) is 0 Å². The van der Waals surface area contributed by atoms with E-state index < -0.39 is 10.0 Å². The predicted octanol–water partition coefficient (Wildman–Crippen LogP) is 2.36. The average molecular weight is 312 g/mol. The summed E-state index contributed by atoms with van der Waals surface area (Å²) in [5, 5.41) is 0. The number of rotatable bonds is 9. The Morgan fingerprint density at radius 1 is 1.25 bits per heavy atom. The second kappa shape index (κ2) is 8.14. The van der Waals surface area contributed by atoms with Crippen molar-refractivity contribution in [3.8, 4) is 0 Å². The Labute approximate surface area is 125 Å². The minimum absolute atomic E-state index is 0.0775. The second-order valence-corrected chi connectivity index (χ2v) is 7.39. The highest BCUT2D eigenvalue weighted by Gasteiger charge is 2.19. The third kappa shape index (κ3) is 5.40. The first kappa shape index (κ1) is 16.8. The summed E-state index contributed by atoms with van der Waals surface area (Å²) in [6.45, 7) is 7.75. The van der Waals surface area contributed by atoms with Crippen molar-refractivity contribution in [2.24, 2.45) is 0 Å². The molecule has 0 amide bonds. The Bertz CT molecular complexity index is 546. The molecule has 1 rings (SSSR count). The summed E-state index contributed by atoms with van der Waals surface area (Å²) in [5.41, 5.74) is 6.36. The van der Waals surface area contributed by atoms with Gasteiger partial charge in [-0.05, 0) is 18.2 Å². The Hall–Kier alpha value is -1.24. The van der Waals surface area contributed by atoms with Crippen molar-refractivity contribution in [2.75, 3.05) is 30.3 Å². The molecule has 0 aliphatic heterocycles. The number of sulfonamides is 1. The standard InChI is InChI=1S/C14H20N2O2S2/c1-3-8-16(9-4-2)20(17,18)11-10-19-14-7-5-6-13(15)12-14/h3-7,12H,1-2,8-11,15H2. The van der Waals surface area contributed by atoms with Crippen LogP contribution in [0.25, 0.3) is 0 Å². The highest BCUT2D eigenvalue weighted by Crippen LogP contribution is 2.20. The molecule has 0 bridgehead atoms. The molecule has 2 N–H and O–H groups in total. The molecule has 0 radical (unpaired) electrons. The van der Waals surface area contributed by atoms with Gasteiger partial charge in [-0.15, -0.1) is 24.9 Å². The Morgan fingerprint density at radius 2 is 1.90 bits per heavy atom. The summed E-state index contributed by atoms with van der Waals surface area (Å²) in [6, 6.07) is 7.41. The van der Waals surface area contributed by atoms with Crippen molar-refractivity contribution < 1.29 is 8.42 Å². The SMILES string of the molecule is C=CCN(CC=C)S(=O)(=O)CCSc1cccc(N)c1. The van der Waals surface area contributed by atoms with Gasteiger partial charge in [-0.1, -0.05) is 18.2 Å². The molecular formula is C14H20N2O2S2. The fraction of sp³-hybridized carbons (Fsp3) is 0.286. The van der Waals surface area contributed by atoms with E-state index in [1.54, 1.807) is 18.2 Å². The van der Waals surface area contributed by atoms with Gasteiger partial charge in [0.25, 0.3) is 0 Å². The van der Waals surface area contributed by atoms with Gasteiger partial charge in [0.2, 0.25) is 10.0 Å². The fourth-order valence-corrected chi connectivity index (χ4v) is 4.32. The van der Waals surface area contributed by atoms with Crippen LogP contribution in [0.2, 0.25) is 0 Å². The zero-order chi connectivity index (χ0) is 15.0. The van der Waals surface area contributed by atoms with Crippen LogP contribution in [0.15, 0.2) is 54.5 Å². The minimum atomic E-state index is -3.29. The molecule has 0 unspecified atom stereocenters. The number of anilines is 1. The van der Waals surface area contributed by atoms with Crippen LogP contribution in [-0.2, 0) is 10.0 Å². The zero-order valence-corrected chi connectivity index (χ0v) is 13.0. The third-order valence-electron chi connectivity index (χ3n) is 2.53. The molecule has 0 spiro atoms. The van der Waals surface area contributed by atoms with Gasteiger partial charge >= 0.3 is 0 Å². The average Bonchev–Trinajstić information content (AvgIpc) is 2.38. The van der Waals surface area contributed by atoms with Crippen LogP contribution in [0.4, 0.5) is 5.69 Å². The molecule has 4 nitrogen and oxygen atoms in total. The largest absolute Gasteiger partial charge is 0.399 e. The smallest absolute Gasteiger partial charge is 0.215 e. The quantitative estimate of drug-likeness (QED) is 0.432. The molecule has 6 heteroatoms. The highest BCUT2D eigenvalue weighted by molar-refractivity contribution is 8.00. The molecule has 0 heterocycles. The van der Waals surface area contributed by atoms with Crippen molar-refractivity contribution in [3.63, 3.8) is 0 Å². The summed E-state index contributed by atoms with van der Waals surface area (Å²) >= 11 is 1.48. The maximum atomic E-state index is 12.2. The monoisotopic (exact) mass is 312 g/mol. The van der Waals surface area contributed by atoms with Gasteiger partial charge in [-0.25, -0.2) is 8.42 Å². The number of nitrogens with zero attached hydrogens (tertiary/aromatic N) is 1. The molecule has 0 aliphatic carbocycles. The van der Waals surface area contributed by atoms with E-state index in [9.17, 15) is 8.42 Å². The summed E-state index contributed by atoms with van der Waals surface area (Å²) < 4.78 is 25.7. The van der Waals surface area contributed by atoms with Gasteiger partial charge in [0, 0.05) is 29.4 Å². The summed E-state index contributed by atoms with van der Waals surface area (Å²) in [7, 11) is -3.29. The molecule has 0 aliphatic rings. The van der Waals surface area contributed by atoms with Gasteiger partial charge in [-0.3, -0.25) is 0 Å². The van der Waals surface area contributed by atoms with E-state index in [0.29, 0.717) is 24.5 Å². The molecule has 0 saturated carbocycles. The molecule has 0 atom stereocenters. The van der Waals surface area contributed by atoms with Crippen molar-refractivity contribution in [2.45, 2.75) is 4.90 Å². The van der Waals surface area contributed by atoms with Crippen LogP contribution in [0.3, 0.4) is 0 Å². The van der Waals surface area contributed by atoms with Gasteiger partial charge in [-0.2, -0.15) is 4.31 Å². The topological polar surface area (TPSA) is 63.4 Å². The van der Waals surface area contributed by atoms with Crippen LogP contribution in [0.5, 0.6) is 0 Å². The summed E-state index contributed by atoms with van der Waals surface area (Å²) in [4.78, 5) is 0.971. The lowest BCUT2D eigenvalue weighted by Crippen LogP contribution is -2.34. The maximum Gasteiger partial charge on any atom is 0.215 e. The van der Waals surface area contributed by atoms with E-state index in [4.69, 9.17) is 5.73 Å². The summed E-state index contributed by atoms with van der Waals surface area (Å²) in [6.07, 6.45) is 3.15. The van der Waals surface area contributed by atoms with Gasteiger partial charge in [0.05, 0.1) is 5.75 Å². The number of hydrogen-bond donors (Lipinski definition) is 1. The molecular weight excluding hydrogens is 292 g/mol. The first-order valence-corrected chi connectivity index (χ1v) is 8.77. The van der Waals surface area contributed by atoms with Gasteiger partial charge in [0.1, 0.15) is 0 Å². The van der Waals surface area contributed by atoms with E-state index in [0.717, 1.165) is 4.90 Å². The predicted molar refractivity (Wildman–Crippen MR) is 87.3 cm³/mol. The van der Waals surface area contributed by atoms with E-state index >= 15 is 0 Å². The number of nitrogens with two attached hydrogens (primary N) is 1. The van der Waals surface area contributed by atoms with Crippen molar-refractivity contribution >= 4 is 27.5 Å². The van der Waals surface area contributed by atoms with Crippen molar-refractivity contribution in [1.29, 1.82) is 0 Å². The molecule has 110 valence electrons. The minimum Gasteiger partial charge on any atom is -0.399 e. The molecule has 1 aromatic carbocycles. The van der Waals surface area contributed by atoms with E-state index in [1.165, 1.54) is 16.1 Å². The zero-order valence-electron chi connectivity index (χ0n) is 11.4. The van der Waals surface area contributed by atoms with Crippen LogP contribution >= 0.6 is 11.8 Å². The van der Waals surface area contributed by atoms with Crippen molar-refractivity contribution in [3.05, 3.63) is 49.6 Å². The van der Waals surface area contributed by atoms with Crippen LogP contribution in [0.1, 0.15) is 0 Å². The first-order valence-electron chi connectivity index (χ1n) is 6.17. The molecule has 20 heavy (non-hydrogen) atoms. The van der Waals surface area contributed by atoms with E-state index in [2.05, 4.69) is 13.2 Å². The van der Waals surface area contributed by atoms with E-state index in [1.807, 2.05) is 18.2 Å². The number of thioether (sulfide) groups is 1. The lowest BCUT2D eigenvalue weighted by molar-refractivity contribution is 0.475. The fourth-order valence-electron chi connectivity index (χ4n) is 1.59. The maximum absolute atomic E-state index is 12.2. The molecule has 1 aromatic rings. The van der Waals surface area contributed by atoms with Crippen LogP contribution < -0.4 is 5.73 Å². The third-order valence-corrected chi connectivity index (χ3v) is 5.59. The van der Waals surface area contributed by atoms with Crippen LogP contribution in [-0.4, -0.2) is 37.3 Å². The second-order valence-electron chi connectivity index (χ2n) is 4.13. The molecule has 0 fully saturated rings. The first-order chi connectivity index (χ1) is 9.49. The highest BCUT2D eigenvalue weighted by atomic mass is 32.2. The Morgan fingerprint density at radius 3 is 2.45 bits per heavy atom. The Kier molecular flexibility index (Phi) is 6.84. The lowest BCUT2D eigenvalue weighted by atomic mass is 10.3. The molecule has 0 saturated heterocycles. The Balaban J connectivity index is 2.58. The number of nitrogen functional groups attached to an aromatic ring is 1. The molecule has 0 aromatic heterocycles. The normalized spacial score (nSPS) is 11.4. The summed E-state index contributed by atoms with van der Waals surface area (Å²) in [5.74, 6) is 0.560.